The number of carbonyl (C=O) groups is 1. The second-order valence-electron chi connectivity index (χ2n) is 7.48. The molecule has 1 aromatic rings. The molecule has 2 fully saturated rings. The Morgan fingerprint density at radius 3 is 2.77 bits per heavy atom. The Morgan fingerprint density at radius 1 is 1.45 bits per heavy atom. The van der Waals surface area contributed by atoms with Crippen LogP contribution in [0.5, 0.6) is 0 Å². The van der Waals surface area contributed by atoms with Crippen LogP contribution >= 0.6 is 11.3 Å². The topological polar surface area (TPSA) is 32.3 Å². The summed E-state index contributed by atoms with van der Waals surface area (Å²) in [7, 11) is 0. The number of nitrogens with zero attached hydrogens (tertiary/aromatic N) is 1. The van der Waals surface area contributed by atoms with Crippen LogP contribution in [0.25, 0.3) is 0 Å². The summed E-state index contributed by atoms with van der Waals surface area (Å²) in [4.78, 5) is 16.7. The normalized spacial score (nSPS) is 24.5. The minimum absolute atomic E-state index is 0.178. The zero-order valence-corrected chi connectivity index (χ0v) is 14.8. The molecule has 1 atom stereocenters. The van der Waals surface area contributed by atoms with Crippen LogP contribution in [0.3, 0.4) is 0 Å². The van der Waals surface area contributed by atoms with Gasteiger partial charge in [-0.2, -0.15) is 0 Å². The Labute approximate surface area is 138 Å². The molecule has 22 heavy (non-hydrogen) atoms. The second-order valence-corrected chi connectivity index (χ2v) is 8.48. The zero-order chi connectivity index (χ0) is 15.7. The molecule has 1 saturated heterocycles. The molecule has 2 heterocycles. The molecule has 1 saturated carbocycles. The Morgan fingerprint density at radius 2 is 2.18 bits per heavy atom. The minimum Gasteiger partial charge on any atom is -0.354 e. The van der Waals surface area contributed by atoms with Crippen molar-refractivity contribution in [2.45, 2.75) is 59.0 Å². The highest BCUT2D eigenvalue weighted by molar-refractivity contribution is 7.10. The Bertz CT molecular complexity index is 531. The van der Waals surface area contributed by atoms with E-state index < -0.39 is 0 Å². The molecule has 0 radical (unpaired) electrons. The predicted molar refractivity (Wildman–Crippen MR) is 92.0 cm³/mol. The monoisotopic (exact) mass is 320 g/mol. The Kier molecular flexibility index (Phi) is 4.60. The average molecular weight is 321 g/mol. The van der Waals surface area contributed by atoms with E-state index in [1.165, 1.54) is 36.1 Å². The van der Waals surface area contributed by atoms with Crippen molar-refractivity contribution in [3.05, 3.63) is 21.9 Å². The Hall–Kier alpha value is -0.870. The minimum atomic E-state index is 0.178. The predicted octanol–water partition coefficient (Wildman–Crippen LogP) is 3.57. The van der Waals surface area contributed by atoms with Crippen molar-refractivity contribution >= 4 is 17.2 Å². The molecule has 3 nitrogen and oxygen atoms in total. The third kappa shape index (κ3) is 3.09. The van der Waals surface area contributed by atoms with Crippen LogP contribution in [0.4, 0.5) is 0 Å². The van der Waals surface area contributed by atoms with Crippen LogP contribution in [-0.4, -0.2) is 29.9 Å². The van der Waals surface area contributed by atoms with Gasteiger partial charge in [0, 0.05) is 30.6 Å². The number of nitrogens with one attached hydrogen (secondary N) is 1. The molecule has 4 heteroatoms. The summed E-state index contributed by atoms with van der Waals surface area (Å²) in [6.45, 7) is 9.34. The van der Waals surface area contributed by atoms with E-state index in [-0.39, 0.29) is 23.3 Å². The quantitative estimate of drug-likeness (QED) is 0.920. The van der Waals surface area contributed by atoms with Crippen molar-refractivity contribution < 1.29 is 4.79 Å². The van der Waals surface area contributed by atoms with Crippen molar-refractivity contribution in [1.29, 1.82) is 0 Å². The molecule has 0 bridgehead atoms. The molecular weight excluding hydrogens is 292 g/mol. The van der Waals surface area contributed by atoms with Crippen LogP contribution in [0.15, 0.2) is 11.4 Å². The van der Waals surface area contributed by atoms with E-state index in [4.69, 9.17) is 0 Å². The molecular formula is C18H28N2OS. The summed E-state index contributed by atoms with van der Waals surface area (Å²) in [5, 5.41) is 5.34. The molecule has 1 amide bonds. The highest BCUT2D eigenvalue weighted by Gasteiger charge is 2.51. The maximum Gasteiger partial charge on any atom is 0.225 e. The van der Waals surface area contributed by atoms with Gasteiger partial charge < -0.3 is 5.32 Å². The number of likely N-dealkylation sites (tertiary alicyclic amines) is 1. The van der Waals surface area contributed by atoms with E-state index >= 15 is 0 Å². The third-order valence-corrected chi connectivity index (χ3v) is 6.41. The smallest absolute Gasteiger partial charge is 0.225 e. The van der Waals surface area contributed by atoms with Crippen molar-refractivity contribution in [2.24, 2.45) is 11.3 Å². The highest BCUT2D eigenvalue weighted by atomic mass is 32.1. The largest absolute Gasteiger partial charge is 0.354 e. The van der Waals surface area contributed by atoms with Crippen LogP contribution in [0.1, 0.15) is 50.0 Å². The van der Waals surface area contributed by atoms with Crippen LogP contribution < -0.4 is 5.32 Å². The van der Waals surface area contributed by atoms with Crippen molar-refractivity contribution in [3.8, 4) is 0 Å². The van der Waals surface area contributed by atoms with Gasteiger partial charge in [0.2, 0.25) is 5.91 Å². The fraction of sp³-hybridized carbons (Fsp3) is 0.722. The molecule has 2 aliphatic rings. The van der Waals surface area contributed by atoms with Crippen LogP contribution in [0, 0.1) is 18.3 Å². The van der Waals surface area contributed by atoms with Gasteiger partial charge in [0.05, 0.1) is 5.92 Å². The fourth-order valence-corrected chi connectivity index (χ4v) is 5.24. The molecule has 1 aromatic heterocycles. The SMILES string of the molecule is Cc1ccsc1CN1CC(C(=O)NC(C)C)C2(CCCC2)C1. The maximum absolute atomic E-state index is 12.7. The number of amides is 1. The van der Waals surface area contributed by atoms with E-state index in [0.29, 0.717) is 0 Å². The molecule has 122 valence electrons. The van der Waals surface area contributed by atoms with Crippen molar-refractivity contribution in [1.82, 2.24) is 10.2 Å². The van der Waals surface area contributed by atoms with E-state index in [0.717, 1.165) is 19.6 Å². The number of hydrogen-bond donors (Lipinski definition) is 1. The lowest BCUT2D eigenvalue weighted by Crippen LogP contribution is -2.42. The van der Waals surface area contributed by atoms with Gasteiger partial charge in [0.1, 0.15) is 0 Å². The first-order valence-electron chi connectivity index (χ1n) is 8.56. The van der Waals surface area contributed by atoms with Gasteiger partial charge in [-0.3, -0.25) is 9.69 Å². The standard InChI is InChI=1S/C18H28N2OS/c1-13(2)19-17(21)15-10-20(11-16-14(3)6-9-22-16)12-18(15)7-4-5-8-18/h6,9,13,15H,4-5,7-8,10-12H2,1-3H3,(H,19,21). The summed E-state index contributed by atoms with van der Waals surface area (Å²) in [6.07, 6.45) is 5.03. The summed E-state index contributed by atoms with van der Waals surface area (Å²) in [6, 6.07) is 2.43. The third-order valence-electron chi connectivity index (χ3n) is 5.40. The van der Waals surface area contributed by atoms with Gasteiger partial charge in [-0.05, 0) is 56.0 Å². The van der Waals surface area contributed by atoms with Crippen molar-refractivity contribution in [3.63, 3.8) is 0 Å². The first-order chi connectivity index (χ1) is 10.5. The number of thiophene rings is 1. The summed E-state index contributed by atoms with van der Waals surface area (Å²) in [5.74, 6) is 0.458. The molecule has 1 unspecified atom stereocenters. The molecule has 1 aliphatic carbocycles. The molecule has 1 aliphatic heterocycles. The van der Waals surface area contributed by atoms with E-state index in [2.05, 4.69) is 42.4 Å². The van der Waals surface area contributed by atoms with Gasteiger partial charge in [-0.25, -0.2) is 0 Å². The highest BCUT2D eigenvalue weighted by Crippen LogP contribution is 2.49. The summed E-state index contributed by atoms with van der Waals surface area (Å²) in [5.41, 5.74) is 1.63. The number of rotatable bonds is 4. The van der Waals surface area contributed by atoms with Gasteiger partial charge in [-0.15, -0.1) is 11.3 Å². The number of aryl methyl sites for hydroxylation is 1. The summed E-state index contributed by atoms with van der Waals surface area (Å²) >= 11 is 1.85. The molecule has 1 spiro atoms. The number of carbonyl (C=O) groups excluding carboxylic acids is 1. The summed E-state index contributed by atoms with van der Waals surface area (Å²) < 4.78 is 0. The lowest BCUT2D eigenvalue weighted by Gasteiger charge is -2.29. The van der Waals surface area contributed by atoms with Gasteiger partial charge in [0.25, 0.3) is 0 Å². The van der Waals surface area contributed by atoms with Crippen molar-refractivity contribution in [2.75, 3.05) is 13.1 Å². The fourth-order valence-electron chi connectivity index (χ4n) is 4.29. The first-order valence-corrected chi connectivity index (χ1v) is 9.44. The lowest BCUT2D eigenvalue weighted by molar-refractivity contribution is -0.128. The van der Waals surface area contributed by atoms with Gasteiger partial charge in [-0.1, -0.05) is 12.8 Å². The van der Waals surface area contributed by atoms with E-state index in [1.54, 1.807) is 0 Å². The second kappa shape index (κ2) is 6.32. The first kappa shape index (κ1) is 16.0. The molecule has 1 N–H and O–H groups in total. The van der Waals surface area contributed by atoms with Gasteiger partial charge in [0.15, 0.2) is 0 Å². The van der Waals surface area contributed by atoms with E-state index in [9.17, 15) is 4.79 Å². The average Bonchev–Trinajstić information content (AvgIpc) is 3.14. The maximum atomic E-state index is 12.7. The number of hydrogen-bond acceptors (Lipinski definition) is 3. The molecule has 3 rings (SSSR count). The van der Waals surface area contributed by atoms with Crippen LogP contribution in [0.2, 0.25) is 0 Å². The van der Waals surface area contributed by atoms with E-state index in [1.807, 2.05) is 11.3 Å². The Balaban J connectivity index is 1.74. The zero-order valence-electron chi connectivity index (χ0n) is 14.0. The van der Waals surface area contributed by atoms with Gasteiger partial charge >= 0.3 is 0 Å². The lowest BCUT2D eigenvalue weighted by atomic mass is 9.76. The molecule has 0 aromatic carbocycles. The van der Waals surface area contributed by atoms with Crippen LogP contribution in [-0.2, 0) is 11.3 Å².